The average molecular weight is 370 g/mol. The van der Waals surface area contributed by atoms with Crippen LogP contribution in [0.25, 0.3) is 0 Å². The van der Waals surface area contributed by atoms with Crippen molar-refractivity contribution in [2.45, 2.75) is 19.4 Å². The van der Waals surface area contributed by atoms with Crippen molar-refractivity contribution in [3.63, 3.8) is 0 Å². The highest BCUT2D eigenvalue weighted by molar-refractivity contribution is 5.97. The summed E-state index contributed by atoms with van der Waals surface area (Å²) in [6, 6.07) is 11.5. The van der Waals surface area contributed by atoms with Gasteiger partial charge in [-0.25, -0.2) is 9.18 Å². The first-order valence-corrected chi connectivity index (χ1v) is 8.42. The minimum Gasteiger partial charge on any atom is -0.333 e. The summed E-state index contributed by atoms with van der Waals surface area (Å²) in [5, 5.41) is 8.08. The van der Waals surface area contributed by atoms with Gasteiger partial charge in [-0.05, 0) is 48.5 Å². The Hall–Kier alpha value is -3.42. The van der Waals surface area contributed by atoms with Crippen LogP contribution in [0, 0.1) is 5.82 Å². The smallest absolute Gasteiger partial charge is 0.319 e. The van der Waals surface area contributed by atoms with E-state index in [1.54, 1.807) is 24.3 Å². The number of hydrogen-bond donors (Lipinski definition) is 3. The monoisotopic (exact) mass is 370 g/mol. The number of nitrogens with zero attached hydrogens (tertiary/aromatic N) is 1. The summed E-state index contributed by atoms with van der Waals surface area (Å²) < 4.78 is 13.0. The van der Waals surface area contributed by atoms with Crippen molar-refractivity contribution in [2.24, 2.45) is 0 Å². The summed E-state index contributed by atoms with van der Waals surface area (Å²) in [5.74, 6) is -0.680. The number of carbonyl (C=O) groups excluding carboxylic acids is 3. The zero-order valence-corrected chi connectivity index (χ0v) is 14.7. The molecule has 27 heavy (non-hydrogen) atoms. The Morgan fingerprint density at radius 3 is 2.19 bits per heavy atom. The molecule has 0 saturated carbocycles. The molecule has 0 spiro atoms. The molecule has 0 aromatic heterocycles. The lowest BCUT2D eigenvalue weighted by Gasteiger charge is -2.17. The van der Waals surface area contributed by atoms with Gasteiger partial charge in [-0.2, -0.15) is 0 Å². The summed E-state index contributed by atoms with van der Waals surface area (Å²) in [6.07, 6.45) is 0.173. The van der Waals surface area contributed by atoms with Gasteiger partial charge >= 0.3 is 6.03 Å². The zero-order valence-electron chi connectivity index (χ0n) is 14.7. The van der Waals surface area contributed by atoms with E-state index >= 15 is 0 Å². The molecule has 140 valence electrons. The highest BCUT2D eigenvalue weighted by Gasteiger charge is 2.31. The maximum absolute atomic E-state index is 13.0. The van der Waals surface area contributed by atoms with Crippen molar-refractivity contribution < 1.29 is 18.8 Å². The van der Waals surface area contributed by atoms with E-state index in [0.717, 1.165) is 0 Å². The normalized spacial score (nSPS) is 16.1. The molecule has 4 amide bonds. The molecule has 1 atom stereocenters. The third-order valence-electron chi connectivity index (χ3n) is 4.06. The van der Waals surface area contributed by atoms with Crippen LogP contribution >= 0.6 is 0 Å². The van der Waals surface area contributed by atoms with Crippen LogP contribution in [-0.2, 0) is 9.59 Å². The van der Waals surface area contributed by atoms with E-state index in [4.69, 9.17) is 0 Å². The Morgan fingerprint density at radius 2 is 1.59 bits per heavy atom. The van der Waals surface area contributed by atoms with Gasteiger partial charge in [-0.3, -0.25) is 9.59 Å². The SMILES string of the molecule is CC(=O)Nc1ccc(NC(=O)N[C@H]2CC(=O)N(c3ccc(F)cc3)C2)cc1. The molecule has 1 fully saturated rings. The first kappa shape index (κ1) is 18.4. The fourth-order valence-electron chi connectivity index (χ4n) is 2.87. The summed E-state index contributed by atoms with van der Waals surface area (Å²) >= 11 is 0. The molecule has 0 bridgehead atoms. The molecule has 0 unspecified atom stereocenters. The molecule has 3 rings (SSSR count). The molecule has 2 aromatic rings. The van der Waals surface area contributed by atoms with Crippen molar-refractivity contribution >= 4 is 34.9 Å². The van der Waals surface area contributed by atoms with Crippen LogP contribution in [0.15, 0.2) is 48.5 Å². The van der Waals surface area contributed by atoms with Crippen LogP contribution in [0.5, 0.6) is 0 Å². The Bertz CT molecular complexity index is 852. The molecule has 3 N–H and O–H groups in total. The average Bonchev–Trinajstić information content (AvgIpc) is 2.97. The van der Waals surface area contributed by atoms with E-state index in [1.807, 2.05) is 0 Å². The van der Waals surface area contributed by atoms with E-state index in [2.05, 4.69) is 16.0 Å². The molecule has 1 aliphatic heterocycles. The van der Waals surface area contributed by atoms with Gasteiger partial charge in [0.05, 0.1) is 6.04 Å². The first-order valence-electron chi connectivity index (χ1n) is 8.42. The molecule has 8 heteroatoms. The summed E-state index contributed by atoms with van der Waals surface area (Å²) in [5.41, 5.74) is 1.78. The van der Waals surface area contributed by atoms with E-state index < -0.39 is 6.03 Å². The van der Waals surface area contributed by atoms with Crippen LogP contribution < -0.4 is 20.9 Å². The van der Waals surface area contributed by atoms with Gasteiger partial charge in [0.1, 0.15) is 5.82 Å². The van der Waals surface area contributed by atoms with Gasteiger partial charge in [0, 0.05) is 37.0 Å². The Morgan fingerprint density at radius 1 is 1.00 bits per heavy atom. The topological polar surface area (TPSA) is 90.5 Å². The fourth-order valence-corrected chi connectivity index (χ4v) is 2.87. The van der Waals surface area contributed by atoms with Crippen LogP contribution in [0.1, 0.15) is 13.3 Å². The summed E-state index contributed by atoms with van der Waals surface area (Å²) in [7, 11) is 0. The second kappa shape index (κ2) is 7.86. The Balaban J connectivity index is 1.54. The minimum absolute atomic E-state index is 0.133. The minimum atomic E-state index is -0.430. The van der Waals surface area contributed by atoms with E-state index in [-0.39, 0.29) is 30.1 Å². The number of anilines is 3. The van der Waals surface area contributed by atoms with Crippen LogP contribution in [0.4, 0.5) is 26.2 Å². The van der Waals surface area contributed by atoms with Crippen molar-refractivity contribution in [3.05, 3.63) is 54.3 Å². The Kier molecular flexibility index (Phi) is 5.35. The fraction of sp³-hybridized carbons (Fsp3) is 0.211. The summed E-state index contributed by atoms with van der Waals surface area (Å²) in [4.78, 5) is 36.8. The number of rotatable bonds is 4. The highest BCUT2D eigenvalue weighted by Crippen LogP contribution is 2.22. The largest absolute Gasteiger partial charge is 0.333 e. The van der Waals surface area contributed by atoms with Crippen molar-refractivity contribution in [1.29, 1.82) is 0 Å². The van der Waals surface area contributed by atoms with Gasteiger partial charge < -0.3 is 20.9 Å². The third-order valence-corrected chi connectivity index (χ3v) is 4.06. The molecule has 1 saturated heterocycles. The second-order valence-electron chi connectivity index (χ2n) is 6.24. The maximum Gasteiger partial charge on any atom is 0.319 e. The highest BCUT2D eigenvalue weighted by atomic mass is 19.1. The maximum atomic E-state index is 13.0. The van der Waals surface area contributed by atoms with E-state index in [1.165, 1.54) is 36.1 Å². The molecule has 1 heterocycles. The van der Waals surface area contributed by atoms with Crippen LogP contribution in [-0.4, -0.2) is 30.4 Å². The molecular formula is C19H19FN4O3. The van der Waals surface area contributed by atoms with Gasteiger partial charge in [-0.1, -0.05) is 0 Å². The lowest BCUT2D eigenvalue weighted by Crippen LogP contribution is -2.39. The lowest BCUT2D eigenvalue weighted by atomic mass is 10.2. The number of carbonyl (C=O) groups is 3. The van der Waals surface area contributed by atoms with E-state index in [0.29, 0.717) is 23.6 Å². The number of nitrogens with one attached hydrogen (secondary N) is 3. The van der Waals surface area contributed by atoms with Gasteiger partial charge in [0.25, 0.3) is 0 Å². The van der Waals surface area contributed by atoms with Gasteiger partial charge in [-0.15, -0.1) is 0 Å². The van der Waals surface area contributed by atoms with Crippen LogP contribution in [0.3, 0.4) is 0 Å². The number of hydrogen-bond acceptors (Lipinski definition) is 3. The summed E-state index contributed by atoms with van der Waals surface area (Å²) in [6.45, 7) is 1.73. The number of urea groups is 1. The zero-order chi connectivity index (χ0) is 19.4. The van der Waals surface area contributed by atoms with Crippen molar-refractivity contribution in [2.75, 3.05) is 22.1 Å². The number of amides is 4. The second-order valence-corrected chi connectivity index (χ2v) is 6.24. The molecular weight excluding hydrogens is 351 g/mol. The quantitative estimate of drug-likeness (QED) is 0.773. The predicted molar refractivity (Wildman–Crippen MR) is 100 cm³/mol. The van der Waals surface area contributed by atoms with Crippen LogP contribution in [0.2, 0.25) is 0 Å². The number of benzene rings is 2. The molecule has 7 nitrogen and oxygen atoms in total. The standard InChI is InChI=1S/C19H19FN4O3/c1-12(25)21-14-4-6-15(7-5-14)22-19(27)23-16-10-18(26)24(11-16)17-8-2-13(20)3-9-17/h2-9,16H,10-11H2,1H3,(H,21,25)(H2,22,23,27)/t16-/m0/s1. The van der Waals surface area contributed by atoms with E-state index in [9.17, 15) is 18.8 Å². The molecule has 0 aliphatic carbocycles. The predicted octanol–water partition coefficient (Wildman–Crippen LogP) is 2.71. The molecule has 1 aliphatic rings. The third kappa shape index (κ3) is 4.81. The number of halogens is 1. The van der Waals surface area contributed by atoms with Gasteiger partial charge in [0.15, 0.2) is 0 Å². The molecule has 2 aromatic carbocycles. The first-order chi connectivity index (χ1) is 12.9. The molecule has 0 radical (unpaired) electrons. The van der Waals surface area contributed by atoms with Crippen molar-refractivity contribution in [1.82, 2.24) is 5.32 Å². The van der Waals surface area contributed by atoms with Crippen molar-refractivity contribution in [3.8, 4) is 0 Å². The lowest BCUT2D eigenvalue weighted by molar-refractivity contribution is -0.117. The Labute approximate surface area is 155 Å². The van der Waals surface area contributed by atoms with Gasteiger partial charge in [0.2, 0.25) is 11.8 Å².